The van der Waals surface area contributed by atoms with Crippen molar-refractivity contribution in [1.29, 1.82) is 0 Å². The number of hydrogen-bond acceptors (Lipinski definition) is 6. The fourth-order valence-corrected chi connectivity index (χ4v) is 6.99. The summed E-state index contributed by atoms with van der Waals surface area (Å²) in [5.74, 6) is 0.0468. The van der Waals surface area contributed by atoms with Crippen LogP contribution in [-0.4, -0.2) is 53.4 Å². The summed E-state index contributed by atoms with van der Waals surface area (Å²) in [5, 5.41) is 27.5. The van der Waals surface area contributed by atoms with Gasteiger partial charge in [-0.1, -0.05) is 91.3 Å². The molecule has 0 aromatic heterocycles. The summed E-state index contributed by atoms with van der Waals surface area (Å²) in [6, 6.07) is 31.7. The van der Waals surface area contributed by atoms with Crippen LogP contribution in [-0.2, 0) is 28.2 Å². The number of ether oxygens (including phenoxy) is 2. The lowest BCUT2D eigenvalue weighted by molar-refractivity contribution is -0.277. The highest BCUT2D eigenvalue weighted by atomic mass is 35.5. The predicted molar refractivity (Wildman–Crippen MR) is 192 cm³/mol. The number of halogens is 1. The summed E-state index contributed by atoms with van der Waals surface area (Å²) in [6.07, 6.45) is 0.306. The van der Waals surface area contributed by atoms with Crippen molar-refractivity contribution in [2.75, 3.05) is 26.2 Å². The third kappa shape index (κ3) is 8.52. The van der Waals surface area contributed by atoms with E-state index >= 15 is 0 Å². The van der Waals surface area contributed by atoms with Crippen LogP contribution in [0.1, 0.15) is 66.9 Å². The summed E-state index contributed by atoms with van der Waals surface area (Å²) in [5.41, 5.74) is 5.92. The zero-order valence-electron chi connectivity index (χ0n) is 28.1. The first-order valence-corrected chi connectivity index (χ1v) is 17.5. The van der Waals surface area contributed by atoms with Crippen LogP contribution in [0.15, 0.2) is 97.1 Å². The van der Waals surface area contributed by atoms with E-state index < -0.39 is 11.9 Å². The molecule has 4 aromatic carbocycles. The SMILES string of the molecule is CCNC(=O)NCc1cccc(-c2cccc(C3OC(CN4CCC(O)(c5ccc(Cl)cc5)CC4)C(C)C(c4ccc(CO)cc4)O3)c2)c1. The van der Waals surface area contributed by atoms with Gasteiger partial charge in [-0.2, -0.15) is 0 Å². The quantitative estimate of drug-likeness (QED) is 0.142. The number of benzene rings is 4. The second-order valence-electron chi connectivity index (χ2n) is 13.2. The highest BCUT2D eigenvalue weighted by Gasteiger charge is 2.41. The van der Waals surface area contributed by atoms with Crippen molar-refractivity contribution in [1.82, 2.24) is 15.5 Å². The minimum Gasteiger partial charge on any atom is -0.392 e. The highest BCUT2D eigenvalue weighted by Crippen LogP contribution is 2.43. The molecule has 8 nitrogen and oxygen atoms in total. The molecule has 2 aliphatic heterocycles. The van der Waals surface area contributed by atoms with Gasteiger partial charge in [0, 0.05) is 49.2 Å². The summed E-state index contributed by atoms with van der Waals surface area (Å²) < 4.78 is 13.6. The maximum Gasteiger partial charge on any atom is 0.315 e. The van der Waals surface area contributed by atoms with Crippen molar-refractivity contribution in [2.45, 2.75) is 63.9 Å². The molecule has 0 spiro atoms. The van der Waals surface area contributed by atoms with Crippen LogP contribution < -0.4 is 10.6 Å². The van der Waals surface area contributed by atoms with Crippen molar-refractivity contribution in [3.63, 3.8) is 0 Å². The third-order valence-electron chi connectivity index (χ3n) is 9.84. The molecule has 4 N–H and O–H groups in total. The number of piperidine rings is 1. The Hall–Kier alpha value is -3.76. The molecule has 4 aromatic rings. The second kappa shape index (κ2) is 15.9. The predicted octanol–water partition coefficient (Wildman–Crippen LogP) is 7.09. The van der Waals surface area contributed by atoms with Gasteiger partial charge in [0.25, 0.3) is 0 Å². The molecule has 0 radical (unpaired) electrons. The van der Waals surface area contributed by atoms with Crippen LogP contribution in [0.25, 0.3) is 11.1 Å². The molecule has 0 bridgehead atoms. The molecule has 2 aliphatic rings. The fraction of sp³-hybridized carbons (Fsp3) is 0.375. The zero-order valence-corrected chi connectivity index (χ0v) is 28.9. The van der Waals surface area contributed by atoms with Crippen molar-refractivity contribution in [2.24, 2.45) is 5.92 Å². The monoisotopic (exact) mass is 683 g/mol. The Bertz CT molecular complexity index is 1690. The molecule has 0 aliphatic carbocycles. The molecule has 4 atom stereocenters. The maximum atomic E-state index is 11.9. The molecule has 4 unspecified atom stereocenters. The average Bonchev–Trinajstić information content (AvgIpc) is 3.13. The zero-order chi connectivity index (χ0) is 34.4. The number of rotatable bonds is 10. The first-order chi connectivity index (χ1) is 23.7. The van der Waals surface area contributed by atoms with Crippen molar-refractivity contribution in [3.8, 4) is 11.1 Å². The topological polar surface area (TPSA) is 103 Å². The molecule has 2 fully saturated rings. The minimum atomic E-state index is -0.876. The van der Waals surface area contributed by atoms with Gasteiger partial charge in [-0.3, -0.25) is 0 Å². The highest BCUT2D eigenvalue weighted by molar-refractivity contribution is 6.30. The number of nitrogens with zero attached hydrogens (tertiary/aromatic N) is 1. The summed E-state index contributed by atoms with van der Waals surface area (Å²) in [4.78, 5) is 14.3. The van der Waals surface area contributed by atoms with Gasteiger partial charge in [0.2, 0.25) is 0 Å². The van der Waals surface area contributed by atoms with Crippen molar-refractivity contribution >= 4 is 17.6 Å². The van der Waals surface area contributed by atoms with Crippen LogP contribution in [0.4, 0.5) is 4.79 Å². The number of hydrogen-bond donors (Lipinski definition) is 4. The van der Waals surface area contributed by atoms with Crippen molar-refractivity contribution in [3.05, 3.63) is 130 Å². The van der Waals surface area contributed by atoms with Crippen LogP contribution >= 0.6 is 11.6 Å². The number of urea groups is 1. The standard InChI is InChI=1S/C40H46ClN3O5/c1-3-42-39(46)43-24-29-6-4-7-31(22-29)32-8-5-9-33(23-32)38-48-36(27(2)37(49-38)30-12-10-28(26-45)11-13-30)25-44-20-18-40(47,19-21-44)34-14-16-35(41)17-15-34/h4-17,22-23,27,36-38,45,47H,3,18-21,24-26H2,1-2H3,(H2,42,43,46). The smallest absolute Gasteiger partial charge is 0.315 e. The minimum absolute atomic E-state index is 0.0109. The van der Waals surface area contributed by atoms with E-state index in [-0.39, 0.29) is 30.8 Å². The van der Waals surface area contributed by atoms with Crippen LogP contribution in [0.3, 0.4) is 0 Å². The largest absolute Gasteiger partial charge is 0.392 e. The summed E-state index contributed by atoms with van der Waals surface area (Å²) in [6.45, 7) is 7.26. The third-order valence-corrected chi connectivity index (χ3v) is 10.1. The molecule has 2 heterocycles. The molecule has 0 saturated carbocycles. The first-order valence-electron chi connectivity index (χ1n) is 17.2. The van der Waals surface area contributed by atoms with Gasteiger partial charge in [0.05, 0.1) is 24.4 Å². The number of aliphatic hydroxyl groups is 2. The Morgan fingerprint density at radius 1 is 0.878 bits per heavy atom. The molecule has 2 amide bonds. The van der Waals surface area contributed by atoms with Crippen molar-refractivity contribution < 1.29 is 24.5 Å². The summed E-state index contributed by atoms with van der Waals surface area (Å²) >= 11 is 6.10. The molecule has 2 saturated heterocycles. The van der Waals surface area contributed by atoms with E-state index in [1.165, 1.54) is 0 Å². The van der Waals surface area contributed by atoms with Gasteiger partial charge >= 0.3 is 6.03 Å². The number of carbonyl (C=O) groups is 1. The normalized spacial score (nSPS) is 22.4. The number of carbonyl (C=O) groups excluding carboxylic acids is 1. The lowest BCUT2D eigenvalue weighted by atomic mass is 9.84. The van der Waals surface area contributed by atoms with E-state index in [0.29, 0.717) is 37.5 Å². The number of aliphatic hydroxyl groups excluding tert-OH is 1. The molecule has 9 heteroatoms. The number of amides is 2. The van der Waals surface area contributed by atoms with E-state index in [1.807, 2.05) is 79.7 Å². The first kappa shape index (κ1) is 35.1. The Morgan fingerprint density at radius 2 is 1.57 bits per heavy atom. The lowest BCUT2D eigenvalue weighted by Crippen LogP contribution is -2.49. The van der Waals surface area contributed by atoms with E-state index in [0.717, 1.165) is 52.0 Å². The second-order valence-corrected chi connectivity index (χ2v) is 13.6. The maximum absolute atomic E-state index is 11.9. The van der Waals surface area contributed by atoms with Gasteiger partial charge in [-0.25, -0.2) is 4.79 Å². The molecular formula is C40H46ClN3O5. The summed E-state index contributed by atoms with van der Waals surface area (Å²) in [7, 11) is 0. The van der Waals surface area contributed by atoms with Gasteiger partial charge < -0.3 is 35.2 Å². The molecule has 49 heavy (non-hydrogen) atoms. The van der Waals surface area contributed by atoms with Crippen LogP contribution in [0.2, 0.25) is 5.02 Å². The molecule has 258 valence electrons. The lowest BCUT2D eigenvalue weighted by Gasteiger charge is -2.45. The Morgan fingerprint density at radius 3 is 2.27 bits per heavy atom. The van der Waals surface area contributed by atoms with Gasteiger partial charge in [0.15, 0.2) is 6.29 Å². The van der Waals surface area contributed by atoms with E-state index in [9.17, 15) is 15.0 Å². The van der Waals surface area contributed by atoms with E-state index in [2.05, 4.69) is 46.7 Å². The van der Waals surface area contributed by atoms with Gasteiger partial charge in [-0.15, -0.1) is 0 Å². The van der Waals surface area contributed by atoms with Gasteiger partial charge in [0.1, 0.15) is 0 Å². The Kier molecular flexibility index (Phi) is 11.3. The Labute approximate surface area is 294 Å². The fourth-order valence-electron chi connectivity index (χ4n) is 6.87. The molecular weight excluding hydrogens is 638 g/mol. The Balaban J connectivity index is 1.21. The van der Waals surface area contributed by atoms with E-state index in [1.54, 1.807) is 0 Å². The average molecular weight is 684 g/mol. The van der Waals surface area contributed by atoms with E-state index in [4.69, 9.17) is 21.1 Å². The van der Waals surface area contributed by atoms with Gasteiger partial charge in [-0.05, 0) is 77.4 Å². The van der Waals surface area contributed by atoms with Crippen LogP contribution in [0, 0.1) is 5.92 Å². The van der Waals surface area contributed by atoms with Crippen LogP contribution in [0.5, 0.6) is 0 Å². The molecule has 6 rings (SSSR count). The number of likely N-dealkylation sites (tertiary alicyclic amines) is 1. The number of nitrogens with one attached hydrogen (secondary N) is 2.